The zero-order valence-corrected chi connectivity index (χ0v) is 24.2. The lowest BCUT2D eigenvalue weighted by molar-refractivity contribution is 0.226. The summed E-state index contributed by atoms with van der Waals surface area (Å²) in [5, 5.41) is 30.5. The van der Waals surface area contributed by atoms with Crippen LogP contribution in [0.15, 0.2) is 84.8 Å². The highest BCUT2D eigenvalue weighted by molar-refractivity contribution is 6.36. The fourth-order valence-corrected chi connectivity index (χ4v) is 5.90. The number of fused-ring (bicyclic) bond motifs is 1. The zero-order chi connectivity index (χ0) is 29.3. The molecular formula is C32H30BClN8. The molecule has 0 radical (unpaired) electrons. The van der Waals surface area contributed by atoms with E-state index in [1.807, 2.05) is 54.7 Å². The van der Waals surface area contributed by atoms with E-state index in [1.165, 1.54) is 0 Å². The van der Waals surface area contributed by atoms with Crippen LogP contribution >= 0.6 is 11.6 Å². The molecule has 1 fully saturated rings. The van der Waals surface area contributed by atoms with Gasteiger partial charge in [0.2, 0.25) is 0 Å². The number of anilines is 2. The molecule has 1 aliphatic carbocycles. The van der Waals surface area contributed by atoms with Gasteiger partial charge in [0.05, 0.1) is 50.6 Å². The molecule has 1 unspecified atom stereocenters. The first-order valence-electron chi connectivity index (χ1n) is 14.1. The Bertz CT molecular complexity index is 1760. The summed E-state index contributed by atoms with van der Waals surface area (Å²) in [6.45, 7) is 2.11. The molecule has 2 aliphatic rings. The number of hydrazine groups is 2. The quantitative estimate of drug-likeness (QED) is 0.197. The lowest BCUT2D eigenvalue weighted by atomic mass is 9.69. The Balaban J connectivity index is 1.47. The lowest BCUT2D eigenvalue weighted by Crippen LogP contribution is -2.48. The Hall–Kier alpha value is -4.70. The molecule has 4 N–H and O–H groups in total. The Labute approximate surface area is 251 Å². The van der Waals surface area contributed by atoms with Gasteiger partial charge in [-0.05, 0) is 54.7 Å². The minimum Gasteiger partial charge on any atom is -0.378 e. The molecule has 8 nitrogen and oxygen atoms in total. The number of halogens is 1. The standard InChI is InChI=1S/C32H30BClN8/c1-2-28(21-8-4-3-5-9-21)39-30-22(17-36)18-37-31-26(30)14-24(15-27(31)34)40-32(33,23-10-6-7-20(13-23)16-35)29-19-38-41-42(29)25-11-12-25/h3-10,13-15,18-19,25,28,38,40-41H,2,11-12,33H2,1H3,(H,37,39)/t28-,32?/m1/s1. The molecule has 6 rings (SSSR count). The van der Waals surface area contributed by atoms with Crippen molar-refractivity contribution < 1.29 is 0 Å². The number of benzene rings is 3. The van der Waals surface area contributed by atoms with Crippen LogP contribution in [0.2, 0.25) is 5.02 Å². The topological polar surface area (TPSA) is 112 Å². The van der Waals surface area contributed by atoms with Gasteiger partial charge < -0.3 is 16.1 Å². The second-order valence-electron chi connectivity index (χ2n) is 10.9. The number of rotatable bonds is 9. The van der Waals surface area contributed by atoms with Crippen molar-refractivity contribution in [3.8, 4) is 12.1 Å². The van der Waals surface area contributed by atoms with Crippen molar-refractivity contribution in [1.29, 1.82) is 10.5 Å². The molecule has 0 amide bonds. The largest absolute Gasteiger partial charge is 0.378 e. The first-order valence-corrected chi connectivity index (χ1v) is 14.5. The van der Waals surface area contributed by atoms with E-state index >= 15 is 0 Å². The highest BCUT2D eigenvalue weighted by atomic mass is 35.5. The van der Waals surface area contributed by atoms with Crippen molar-refractivity contribution >= 4 is 41.7 Å². The summed E-state index contributed by atoms with van der Waals surface area (Å²) < 4.78 is 0. The molecule has 0 bridgehead atoms. The maximum Gasteiger partial charge on any atom is 0.148 e. The molecule has 42 heavy (non-hydrogen) atoms. The van der Waals surface area contributed by atoms with Crippen LogP contribution in [-0.2, 0) is 5.44 Å². The molecule has 2 heterocycles. The number of aromatic nitrogens is 1. The Kier molecular flexibility index (Phi) is 7.39. The molecule has 3 aromatic carbocycles. The molecule has 10 heteroatoms. The maximum absolute atomic E-state index is 10.1. The number of hydrogen-bond acceptors (Lipinski definition) is 8. The van der Waals surface area contributed by atoms with Crippen molar-refractivity contribution in [3.63, 3.8) is 0 Å². The summed E-state index contributed by atoms with van der Waals surface area (Å²) in [6.07, 6.45) is 6.55. The summed E-state index contributed by atoms with van der Waals surface area (Å²) in [6, 6.07) is 26.7. The van der Waals surface area contributed by atoms with Gasteiger partial charge in [0, 0.05) is 29.5 Å². The van der Waals surface area contributed by atoms with Crippen molar-refractivity contribution in [1.82, 2.24) is 21.0 Å². The number of nitrogens with one attached hydrogen (secondary N) is 4. The van der Waals surface area contributed by atoms with Crippen molar-refractivity contribution in [2.24, 2.45) is 0 Å². The van der Waals surface area contributed by atoms with Gasteiger partial charge in [0.15, 0.2) is 0 Å². The molecule has 2 atom stereocenters. The van der Waals surface area contributed by atoms with Gasteiger partial charge in [-0.15, -0.1) is 5.53 Å². The van der Waals surface area contributed by atoms with E-state index in [4.69, 9.17) is 11.6 Å². The fourth-order valence-electron chi connectivity index (χ4n) is 5.63. The molecule has 208 valence electrons. The predicted octanol–water partition coefficient (Wildman–Crippen LogP) is 5.42. The van der Waals surface area contributed by atoms with Crippen LogP contribution in [0, 0.1) is 22.7 Å². The molecule has 0 saturated heterocycles. The van der Waals surface area contributed by atoms with Gasteiger partial charge >= 0.3 is 0 Å². The number of nitriles is 2. The Morgan fingerprint density at radius 1 is 1.12 bits per heavy atom. The maximum atomic E-state index is 10.1. The molecular weight excluding hydrogens is 543 g/mol. The third-order valence-corrected chi connectivity index (χ3v) is 8.30. The summed E-state index contributed by atoms with van der Waals surface area (Å²) in [5.41, 5.74) is 11.8. The number of nitrogens with zero attached hydrogens (tertiary/aromatic N) is 4. The minimum atomic E-state index is -0.743. The van der Waals surface area contributed by atoms with E-state index in [1.54, 1.807) is 12.3 Å². The van der Waals surface area contributed by atoms with Crippen LogP contribution in [0.4, 0.5) is 11.4 Å². The van der Waals surface area contributed by atoms with Crippen LogP contribution in [0.1, 0.15) is 54.5 Å². The molecule has 1 aliphatic heterocycles. The van der Waals surface area contributed by atoms with E-state index in [0.29, 0.717) is 33.4 Å². The van der Waals surface area contributed by atoms with Crippen LogP contribution < -0.4 is 21.6 Å². The third kappa shape index (κ3) is 5.09. The monoisotopic (exact) mass is 572 g/mol. The minimum absolute atomic E-state index is 0.00817. The number of pyridine rings is 1. The predicted molar refractivity (Wildman–Crippen MR) is 169 cm³/mol. The van der Waals surface area contributed by atoms with Crippen molar-refractivity contribution in [2.45, 2.75) is 43.7 Å². The molecule has 4 aromatic rings. The first kappa shape index (κ1) is 27.5. The zero-order valence-electron chi connectivity index (χ0n) is 23.4. The van der Waals surface area contributed by atoms with Crippen LogP contribution in [-0.4, -0.2) is 23.9 Å². The van der Waals surface area contributed by atoms with Crippen LogP contribution in [0.5, 0.6) is 0 Å². The van der Waals surface area contributed by atoms with E-state index in [0.717, 1.165) is 47.2 Å². The fraction of sp³-hybridized carbons (Fsp3) is 0.219. The van der Waals surface area contributed by atoms with Gasteiger partial charge in [-0.3, -0.25) is 9.99 Å². The SMILES string of the molecule is BC(Nc1cc(Cl)c2ncc(C#N)c(N[C@H](CC)c3ccccc3)c2c1)(C1=CNNN1C1CC1)c1cccc(C#N)c1. The summed E-state index contributed by atoms with van der Waals surface area (Å²) in [4.78, 5) is 4.56. The van der Waals surface area contributed by atoms with E-state index in [9.17, 15) is 10.5 Å². The van der Waals surface area contributed by atoms with Crippen molar-refractivity contribution in [2.75, 3.05) is 10.6 Å². The van der Waals surface area contributed by atoms with Gasteiger partial charge in [0.25, 0.3) is 0 Å². The van der Waals surface area contributed by atoms with Gasteiger partial charge in [-0.1, -0.05) is 61.0 Å². The smallest absolute Gasteiger partial charge is 0.148 e. The van der Waals surface area contributed by atoms with Gasteiger partial charge in [0.1, 0.15) is 13.9 Å². The second kappa shape index (κ2) is 11.3. The van der Waals surface area contributed by atoms with E-state index in [-0.39, 0.29) is 6.04 Å². The Morgan fingerprint density at radius 3 is 2.64 bits per heavy atom. The molecule has 1 aromatic heterocycles. The summed E-state index contributed by atoms with van der Waals surface area (Å²) in [5.74, 6) is 0. The first-order chi connectivity index (χ1) is 20.4. The van der Waals surface area contributed by atoms with Crippen LogP contribution in [0.25, 0.3) is 10.9 Å². The highest BCUT2D eigenvalue weighted by Gasteiger charge is 2.42. The van der Waals surface area contributed by atoms with E-state index in [2.05, 4.69) is 70.6 Å². The second-order valence-corrected chi connectivity index (χ2v) is 11.3. The van der Waals surface area contributed by atoms with Gasteiger partial charge in [-0.25, -0.2) is 0 Å². The van der Waals surface area contributed by atoms with E-state index < -0.39 is 5.44 Å². The van der Waals surface area contributed by atoms with Crippen molar-refractivity contribution in [3.05, 3.63) is 112 Å². The Morgan fingerprint density at radius 2 is 1.93 bits per heavy atom. The highest BCUT2D eigenvalue weighted by Crippen LogP contribution is 2.41. The third-order valence-electron chi connectivity index (χ3n) is 8.02. The normalized spacial score (nSPS) is 16.5. The summed E-state index contributed by atoms with van der Waals surface area (Å²) in [7, 11) is 2.10. The summed E-state index contributed by atoms with van der Waals surface area (Å²) >= 11 is 6.88. The van der Waals surface area contributed by atoms with Gasteiger partial charge in [-0.2, -0.15) is 10.5 Å². The average Bonchev–Trinajstić information content (AvgIpc) is 3.75. The van der Waals surface area contributed by atoms with Crippen LogP contribution in [0.3, 0.4) is 0 Å². The molecule has 0 spiro atoms. The lowest BCUT2D eigenvalue weighted by Gasteiger charge is -2.38. The average molecular weight is 573 g/mol. The number of hydrogen-bond donors (Lipinski definition) is 4. The molecule has 1 saturated carbocycles.